The van der Waals surface area contributed by atoms with Gasteiger partial charge in [-0.15, -0.1) is 0 Å². The number of aliphatic hydroxyl groups is 1. The molecule has 0 bridgehead atoms. The molecule has 1 aliphatic rings. The van der Waals surface area contributed by atoms with Gasteiger partial charge in [-0.25, -0.2) is 9.97 Å². The first-order chi connectivity index (χ1) is 17.0. The molecule has 1 fully saturated rings. The Labute approximate surface area is 212 Å². The highest BCUT2D eigenvalue weighted by atomic mass is 35.5. The molecule has 3 aromatic rings. The molecule has 2 heterocycles. The molecule has 1 aromatic carbocycles. The Morgan fingerprint density at radius 3 is 2.71 bits per heavy atom. The molecule has 4 rings (SSSR count). The second kappa shape index (κ2) is 12.0. The monoisotopic (exact) mass is 498 g/mol. The predicted octanol–water partition coefficient (Wildman–Crippen LogP) is 5.54. The minimum absolute atomic E-state index is 0.197. The van der Waals surface area contributed by atoms with E-state index in [0.29, 0.717) is 34.6 Å². The summed E-state index contributed by atoms with van der Waals surface area (Å²) in [6.45, 7) is 4.44. The van der Waals surface area contributed by atoms with E-state index in [2.05, 4.69) is 10.5 Å². The Morgan fingerprint density at radius 1 is 1.20 bits per heavy atom. The van der Waals surface area contributed by atoms with Crippen LogP contribution in [-0.2, 0) is 6.42 Å². The third-order valence-corrected chi connectivity index (χ3v) is 7.08. The highest BCUT2D eigenvalue weighted by molar-refractivity contribution is 6.33. The Balaban J connectivity index is 1.67. The lowest BCUT2D eigenvalue weighted by molar-refractivity contribution is 0.108. The molecule has 1 unspecified atom stereocenters. The lowest BCUT2D eigenvalue weighted by Crippen LogP contribution is -2.29. The number of hydrogen-bond donors (Lipinski definition) is 2. The topological polar surface area (TPSA) is 93.3 Å². The normalized spacial score (nSPS) is 15.3. The number of nitrogens with zero attached hydrogens (tertiary/aromatic N) is 3. The van der Waals surface area contributed by atoms with E-state index in [4.69, 9.17) is 30.8 Å². The lowest BCUT2D eigenvalue weighted by Gasteiger charge is -2.21. The largest absolute Gasteiger partial charge is 0.491 e. The average molecular weight is 499 g/mol. The molecule has 7 nitrogen and oxygen atoms in total. The number of nitrogens with one attached hydrogen (secondary N) is 1. The molecular weight excluding hydrogens is 464 g/mol. The highest BCUT2D eigenvalue weighted by Crippen LogP contribution is 2.36. The maximum atomic E-state index is 9.98. The van der Waals surface area contributed by atoms with Crippen molar-refractivity contribution in [1.82, 2.24) is 20.4 Å². The van der Waals surface area contributed by atoms with Crippen molar-refractivity contribution in [2.75, 3.05) is 20.2 Å². The average Bonchev–Trinajstić information content (AvgIpc) is 3.20. The zero-order chi connectivity index (χ0) is 24.8. The van der Waals surface area contributed by atoms with Crippen molar-refractivity contribution in [1.29, 1.82) is 0 Å². The Morgan fingerprint density at radius 2 is 2.00 bits per heavy atom. The first-order valence-electron chi connectivity index (χ1n) is 12.5. The molecule has 1 saturated carbocycles. The van der Waals surface area contributed by atoms with Gasteiger partial charge in [-0.1, -0.05) is 61.0 Å². The molecule has 0 radical (unpaired) electrons. The Hall–Kier alpha value is -2.48. The van der Waals surface area contributed by atoms with Gasteiger partial charge in [0.2, 0.25) is 0 Å². The van der Waals surface area contributed by atoms with E-state index in [1.807, 2.05) is 38.1 Å². The number of aromatic nitrogens is 3. The molecule has 1 atom stereocenters. The SMILES string of the molecule is CNCC(O)COc1cccc(-c2nc(CCC3CCCCC3)c(Cl)c(-c3c(C)noc3C)n2)c1. The predicted molar refractivity (Wildman–Crippen MR) is 138 cm³/mol. The van der Waals surface area contributed by atoms with Crippen LogP contribution in [-0.4, -0.2) is 46.5 Å². The van der Waals surface area contributed by atoms with Crippen molar-refractivity contribution in [3.8, 4) is 28.4 Å². The molecule has 0 aliphatic heterocycles. The van der Waals surface area contributed by atoms with Crippen LogP contribution in [0.4, 0.5) is 0 Å². The van der Waals surface area contributed by atoms with E-state index in [9.17, 15) is 5.11 Å². The van der Waals surface area contributed by atoms with Gasteiger partial charge in [0.25, 0.3) is 0 Å². The molecule has 188 valence electrons. The second-order valence-corrected chi connectivity index (χ2v) is 9.83. The summed E-state index contributed by atoms with van der Waals surface area (Å²) in [4.78, 5) is 9.78. The van der Waals surface area contributed by atoms with Crippen molar-refractivity contribution in [2.45, 2.75) is 64.9 Å². The summed E-state index contributed by atoms with van der Waals surface area (Å²) in [6.07, 6.45) is 7.83. The number of ether oxygens (including phenoxy) is 1. The van der Waals surface area contributed by atoms with Crippen LogP contribution >= 0.6 is 11.6 Å². The van der Waals surface area contributed by atoms with Crippen LogP contribution in [0.5, 0.6) is 5.75 Å². The Bertz CT molecular complexity index is 1110. The number of hydrogen-bond acceptors (Lipinski definition) is 7. The summed E-state index contributed by atoms with van der Waals surface area (Å²) >= 11 is 6.91. The molecule has 8 heteroatoms. The van der Waals surface area contributed by atoms with Crippen LogP contribution in [0.1, 0.15) is 55.7 Å². The van der Waals surface area contributed by atoms with Crippen LogP contribution in [0.15, 0.2) is 28.8 Å². The van der Waals surface area contributed by atoms with E-state index >= 15 is 0 Å². The summed E-state index contributed by atoms with van der Waals surface area (Å²) in [7, 11) is 1.80. The van der Waals surface area contributed by atoms with Crippen molar-refractivity contribution in [3.05, 3.63) is 46.4 Å². The zero-order valence-electron chi connectivity index (χ0n) is 20.8. The van der Waals surface area contributed by atoms with Crippen LogP contribution in [0.3, 0.4) is 0 Å². The fraction of sp³-hybridized carbons (Fsp3) is 0.519. The van der Waals surface area contributed by atoms with Crippen LogP contribution in [0.2, 0.25) is 5.02 Å². The Kier molecular flexibility index (Phi) is 8.76. The molecule has 0 spiro atoms. The molecule has 35 heavy (non-hydrogen) atoms. The quantitative estimate of drug-likeness (QED) is 0.379. The van der Waals surface area contributed by atoms with Gasteiger partial charge in [-0.05, 0) is 51.8 Å². The summed E-state index contributed by atoms with van der Waals surface area (Å²) < 4.78 is 11.2. The van der Waals surface area contributed by atoms with Crippen molar-refractivity contribution in [2.24, 2.45) is 5.92 Å². The van der Waals surface area contributed by atoms with Gasteiger partial charge < -0.3 is 19.7 Å². The van der Waals surface area contributed by atoms with E-state index in [1.165, 1.54) is 32.1 Å². The van der Waals surface area contributed by atoms with Gasteiger partial charge in [0.05, 0.1) is 27.7 Å². The first-order valence-corrected chi connectivity index (χ1v) is 12.9. The smallest absolute Gasteiger partial charge is 0.160 e. The molecular formula is C27H35ClN4O3. The number of aliphatic hydroxyl groups excluding tert-OH is 1. The number of likely N-dealkylation sites (N-methyl/N-ethyl adjacent to an activating group) is 1. The maximum absolute atomic E-state index is 9.98. The van der Waals surface area contributed by atoms with Crippen molar-refractivity contribution in [3.63, 3.8) is 0 Å². The molecule has 1 aliphatic carbocycles. The van der Waals surface area contributed by atoms with Gasteiger partial charge in [-0.3, -0.25) is 0 Å². The van der Waals surface area contributed by atoms with E-state index in [-0.39, 0.29) is 6.61 Å². The maximum Gasteiger partial charge on any atom is 0.160 e. The summed E-state index contributed by atoms with van der Waals surface area (Å²) in [5.74, 6) is 2.65. The van der Waals surface area contributed by atoms with Crippen molar-refractivity contribution >= 4 is 11.6 Å². The highest BCUT2D eigenvalue weighted by Gasteiger charge is 2.22. The van der Waals surface area contributed by atoms with Crippen LogP contribution < -0.4 is 10.1 Å². The van der Waals surface area contributed by atoms with Crippen LogP contribution in [0, 0.1) is 19.8 Å². The van der Waals surface area contributed by atoms with Gasteiger partial charge in [-0.2, -0.15) is 0 Å². The number of benzene rings is 1. The third-order valence-electron chi connectivity index (χ3n) is 6.68. The fourth-order valence-electron chi connectivity index (χ4n) is 4.80. The van der Waals surface area contributed by atoms with E-state index in [0.717, 1.165) is 41.3 Å². The minimum Gasteiger partial charge on any atom is -0.491 e. The van der Waals surface area contributed by atoms with Crippen LogP contribution in [0.25, 0.3) is 22.6 Å². The fourth-order valence-corrected chi connectivity index (χ4v) is 5.08. The van der Waals surface area contributed by atoms with Gasteiger partial charge in [0.1, 0.15) is 24.2 Å². The molecule has 2 aromatic heterocycles. The first kappa shape index (κ1) is 25.6. The van der Waals surface area contributed by atoms with Crippen molar-refractivity contribution < 1.29 is 14.4 Å². The molecule has 0 saturated heterocycles. The van der Waals surface area contributed by atoms with E-state index < -0.39 is 6.10 Å². The standard InChI is InChI=1S/C27H35ClN4O3/c1-17-24(18(2)35-32-17)26-25(28)23(13-12-19-8-5-4-6-9-19)30-27(31-26)20-10-7-11-22(14-20)34-16-21(33)15-29-3/h7,10-11,14,19,21,29,33H,4-6,8-9,12-13,15-16H2,1-3H3. The second-order valence-electron chi connectivity index (χ2n) is 9.45. The summed E-state index contributed by atoms with van der Waals surface area (Å²) in [6, 6.07) is 7.63. The zero-order valence-corrected chi connectivity index (χ0v) is 21.6. The minimum atomic E-state index is -0.590. The summed E-state index contributed by atoms with van der Waals surface area (Å²) in [5, 5.41) is 17.6. The number of rotatable bonds is 10. The summed E-state index contributed by atoms with van der Waals surface area (Å²) in [5.41, 5.74) is 3.91. The third kappa shape index (κ3) is 6.40. The number of aryl methyl sites for hydroxylation is 3. The van der Waals surface area contributed by atoms with E-state index in [1.54, 1.807) is 7.05 Å². The number of halogens is 1. The van der Waals surface area contributed by atoms with Gasteiger partial charge in [0.15, 0.2) is 5.82 Å². The molecule has 2 N–H and O–H groups in total. The van der Waals surface area contributed by atoms with Gasteiger partial charge >= 0.3 is 0 Å². The lowest BCUT2D eigenvalue weighted by atomic mass is 9.85. The molecule has 0 amide bonds. The van der Waals surface area contributed by atoms with Gasteiger partial charge in [0, 0.05) is 12.1 Å².